The maximum Gasteiger partial charge on any atom is 0.0954 e. The molecule has 0 amide bonds. The van der Waals surface area contributed by atoms with Gasteiger partial charge in [-0.3, -0.25) is 0 Å². The first-order valence-corrected chi connectivity index (χ1v) is 6.65. The number of benzene rings is 1. The zero-order valence-electron chi connectivity index (χ0n) is 11.3. The predicted molar refractivity (Wildman–Crippen MR) is 75.2 cm³/mol. The molecular formula is C14H22ClNO2. The van der Waals surface area contributed by atoms with Gasteiger partial charge < -0.3 is 14.8 Å². The first-order valence-electron chi connectivity index (χ1n) is 6.28. The lowest BCUT2D eigenvalue weighted by atomic mass is 10.1. The van der Waals surface area contributed by atoms with Gasteiger partial charge in [0.15, 0.2) is 0 Å². The molecule has 2 unspecified atom stereocenters. The maximum absolute atomic E-state index is 6.02. The highest BCUT2D eigenvalue weighted by Gasteiger charge is 2.15. The number of hydrogen-bond donors (Lipinski definition) is 1. The molecule has 0 aliphatic heterocycles. The van der Waals surface area contributed by atoms with E-state index in [0.29, 0.717) is 6.61 Å². The zero-order valence-corrected chi connectivity index (χ0v) is 12.0. The minimum atomic E-state index is -0.00574. The molecule has 1 rings (SSSR count). The molecule has 0 heterocycles. The van der Waals surface area contributed by atoms with Crippen molar-refractivity contribution in [1.29, 1.82) is 0 Å². The highest BCUT2D eigenvalue weighted by molar-refractivity contribution is 6.30. The van der Waals surface area contributed by atoms with E-state index in [1.165, 1.54) is 0 Å². The van der Waals surface area contributed by atoms with Gasteiger partial charge in [0.1, 0.15) is 0 Å². The van der Waals surface area contributed by atoms with Crippen LogP contribution in [0.2, 0.25) is 5.02 Å². The van der Waals surface area contributed by atoms with Crippen LogP contribution in [0.5, 0.6) is 0 Å². The number of halogens is 1. The Kier molecular flexibility index (Phi) is 7.28. The van der Waals surface area contributed by atoms with Gasteiger partial charge >= 0.3 is 0 Å². The van der Waals surface area contributed by atoms with Crippen molar-refractivity contribution in [2.45, 2.75) is 26.1 Å². The van der Waals surface area contributed by atoms with Crippen molar-refractivity contribution in [2.24, 2.45) is 0 Å². The summed E-state index contributed by atoms with van der Waals surface area (Å²) in [6.07, 6.45) is 0.0476. The van der Waals surface area contributed by atoms with Crippen molar-refractivity contribution >= 4 is 11.6 Å². The van der Waals surface area contributed by atoms with E-state index in [0.717, 1.165) is 23.7 Å². The molecule has 0 saturated carbocycles. The van der Waals surface area contributed by atoms with Gasteiger partial charge in [0, 0.05) is 18.7 Å². The molecule has 1 aromatic carbocycles. The van der Waals surface area contributed by atoms with Gasteiger partial charge in [0.2, 0.25) is 0 Å². The monoisotopic (exact) mass is 271 g/mol. The van der Waals surface area contributed by atoms with Gasteiger partial charge in [-0.1, -0.05) is 30.7 Å². The van der Waals surface area contributed by atoms with Crippen molar-refractivity contribution in [2.75, 3.05) is 26.8 Å². The molecule has 0 spiro atoms. The lowest BCUT2D eigenvalue weighted by Crippen LogP contribution is -2.27. The third-order valence-electron chi connectivity index (χ3n) is 2.60. The first kappa shape index (κ1) is 15.4. The second-order valence-corrected chi connectivity index (χ2v) is 4.69. The second-order valence-electron chi connectivity index (χ2n) is 4.25. The molecule has 0 aromatic heterocycles. The third-order valence-corrected chi connectivity index (χ3v) is 2.83. The van der Waals surface area contributed by atoms with Gasteiger partial charge in [0.05, 0.1) is 18.8 Å². The van der Waals surface area contributed by atoms with Crippen LogP contribution in [0.1, 0.15) is 25.5 Å². The molecule has 0 aliphatic carbocycles. The predicted octanol–water partition coefficient (Wildman–Crippen LogP) is 3.04. The maximum atomic E-state index is 6.02. The van der Waals surface area contributed by atoms with Crippen molar-refractivity contribution in [3.63, 3.8) is 0 Å². The Labute approximate surface area is 114 Å². The fourth-order valence-corrected chi connectivity index (χ4v) is 1.98. The standard InChI is InChI=1S/C14H22ClNO2/c1-4-16-9-14(18-11(2)10-17-3)12-6-5-7-13(15)8-12/h5-8,11,14,16H,4,9-10H2,1-3H3. The zero-order chi connectivity index (χ0) is 13.4. The molecule has 0 saturated heterocycles. The summed E-state index contributed by atoms with van der Waals surface area (Å²) >= 11 is 6.02. The van der Waals surface area contributed by atoms with Crippen molar-refractivity contribution in [1.82, 2.24) is 5.32 Å². The second kappa shape index (κ2) is 8.48. The molecule has 102 valence electrons. The van der Waals surface area contributed by atoms with E-state index in [4.69, 9.17) is 21.1 Å². The van der Waals surface area contributed by atoms with Gasteiger partial charge in [0.25, 0.3) is 0 Å². The summed E-state index contributed by atoms with van der Waals surface area (Å²) in [6.45, 7) is 6.35. The van der Waals surface area contributed by atoms with Gasteiger partial charge in [-0.05, 0) is 31.2 Å². The van der Waals surface area contributed by atoms with Crippen LogP contribution >= 0.6 is 11.6 Å². The van der Waals surface area contributed by atoms with Crippen molar-refractivity contribution in [3.05, 3.63) is 34.9 Å². The fraction of sp³-hybridized carbons (Fsp3) is 0.571. The van der Waals surface area contributed by atoms with Crippen molar-refractivity contribution < 1.29 is 9.47 Å². The van der Waals surface area contributed by atoms with Crippen LogP contribution in [-0.4, -0.2) is 32.9 Å². The van der Waals surface area contributed by atoms with Crippen LogP contribution in [0.3, 0.4) is 0 Å². The van der Waals surface area contributed by atoms with Crippen LogP contribution in [-0.2, 0) is 9.47 Å². The SMILES string of the molecule is CCNCC(OC(C)COC)c1cccc(Cl)c1. The Hall–Kier alpha value is -0.610. The highest BCUT2D eigenvalue weighted by Crippen LogP contribution is 2.22. The average Bonchev–Trinajstić information content (AvgIpc) is 2.34. The Bertz CT molecular complexity index is 346. The summed E-state index contributed by atoms with van der Waals surface area (Å²) in [5.74, 6) is 0. The number of rotatable bonds is 8. The van der Waals surface area contributed by atoms with E-state index in [2.05, 4.69) is 12.2 Å². The molecule has 3 nitrogen and oxygen atoms in total. The Morgan fingerprint density at radius 3 is 2.78 bits per heavy atom. The van der Waals surface area contributed by atoms with E-state index >= 15 is 0 Å². The molecule has 4 heteroatoms. The number of methoxy groups -OCH3 is 1. The number of hydrogen-bond acceptors (Lipinski definition) is 3. The van der Waals surface area contributed by atoms with Crippen LogP contribution in [0.15, 0.2) is 24.3 Å². The Balaban J connectivity index is 2.70. The Morgan fingerprint density at radius 1 is 1.39 bits per heavy atom. The molecule has 0 aliphatic rings. The largest absolute Gasteiger partial charge is 0.382 e. The van der Waals surface area contributed by atoms with E-state index in [1.807, 2.05) is 31.2 Å². The average molecular weight is 272 g/mol. The summed E-state index contributed by atoms with van der Waals surface area (Å²) in [5, 5.41) is 4.04. The summed E-state index contributed by atoms with van der Waals surface area (Å²) in [7, 11) is 1.68. The summed E-state index contributed by atoms with van der Waals surface area (Å²) in [5.41, 5.74) is 1.09. The Morgan fingerprint density at radius 2 is 2.17 bits per heavy atom. The minimum Gasteiger partial charge on any atom is -0.382 e. The summed E-state index contributed by atoms with van der Waals surface area (Å²) in [6, 6.07) is 7.80. The third kappa shape index (κ3) is 5.36. The molecule has 0 radical (unpaired) electrons. The molecule has 0 bridgehead atoms. The first-order chi connectivity index (χ1) is 8.67. The number of likely N-dealkylation sites (N-methyl/N-ethyl adjacent to an activating group) is 1. The smallest absolute Gasteiger partial charge is 0.0954 e. The molecule has 1 N–H and O–H groups in total. The van der Waals surface area contributed by atoms with E-state index < -0.39 is 0 Å². The quantitative estimate of drug-likeness (QED) is 0.788. The topological polar surface area (TPSA) is 30.5 Å². The van der Waals surface area contributed by atoms with E-state index in [-0.39, 0.29) is 12.2 Å². The van der Waals surface area contributed by atoms with Gasteiger partial charge in [-0.2, -0.15) is 0 Å². The lowest BCUT2D eigenvalue weighted by Gasteiger charge is -2.23. The van der Waals surface area contributed by atoms with Gasteiger partial charge in [-0.25, -0.2) is 0 Å². The van der Waals surface area contributed by atoms with Crippen LogP contribution in [0.4, 0.5) is 0 Å². The summed E-state index contributed by atoms with van der Waals surface area (Å²) < 4.78 is 11.1. The highest BCUT2D eigenvalue weighted by atomic mass is 35.5. The number of ether oxygens (including phenoxy) is 2. The van der Waals surface area contributed by atoms with Crippen LogP contribution in [0.25, 0.3) is 0 Å². The van der Waals surface area contributed by atoms with E-state index in [9.17, 15) is 0 Å². The minimum absolute atomic E-state index is 0.00574. The molecule has 18 heavy (non-hydrogen) atoms. The van der Waals surface area contributed by atoms with Crippen LogP contribution < -0.4 is 5.32 Å². The van der Waals surface area contributed by atoms with Gasteiger partial charge in [-0.15, -0.1) is 0 Å². The summed E-state index contributed by atoms with van der Waals surface area (Å²) in [4.78, 5) is 0. The van der Waals surface area contributed by atoms with Crippen LogP contribution in [0, 0.1) is 0 Å². The van der Waals surface area contributed by atoms with Crippen molar-refractivity contribution in [3.8, 4) is 0 Å². The fourth-order valence-electron chi connectivity index (χ4n) is 1.78. The lowest BCUT2D eigenvalue weighted by molar-refractivity contribution is -0.0391. The molecule has 0 fully saturated rings. The number of nitrogens with one attached hydrogen (secondary N) is 1. The van der Waals surface area contributed by atoms with E-state index in [1.54, 1.807) is 7.11 Å². The molecular weight excluding hydrogens is 250 g/mol. The normalized spacial score (nSPS) is 14.4. The molecule has 2 atom stereocenters. The molecule has 1 aromatic rings.